The zero-order valence-electron chi connectivity index (χ0n) is 12.7. The first-order chi connectivity index (χ1) is 11.0. The molecule has 0 radical (unpaired) electrons. The number of anilines is 1. The SMILES string of the molecule is CCOc1ccc(S(=O)(=O)Nc2ccc3nc(C)sc3c2)cc1. The number of rotatable bonds is 5. The lowest BCUT2D eigenvalue weighted by molar-refractivity contribution is 0.340. The van der Waals surface area contributed by atoms with E-state index in [-0.39, 0.29) is 4.90 Å². The van der Waals surface area contributed by atoms with Gasteiger partial charge in [-0.2, -0.15) is 0 Å². The largest absolute Gasteiger partial charge is 0.494 e. The van der Waals surface area contributed by atoms with Gasteiger partial charge in [0.2, 0.25) is 0 Å². The molecule has 3 rings (SSSR count). The Balaban J connectivity index is 1.86. The molecule has 0 aliphatic rings. The van der Waals surface area contributed by atoms with Gasteiger partial charge in [-0.25, -0.2) is 13.4 Å². The number of thiazole rings is 1. The maximum Gasteiger partial charge on any atom is 0.261 e. The number of nitrogens with one attached hydrogen (secondary N) is 1. The van der Waals surface area contributed by atoms with Gasteiger partial charge in [-0.15, -0.1) is 11.3 Å². The minimum absolute atomic E-state index is 0.196. The Morgan fingerprint density at radius 2 is 1.91 bits per heavy atom. The van der Waals surface area contributed by atoms with Crippen molar-refractivity contribution in [2.24, 2.45) is 0 Å². The third-order valence-electron chi connectivity index (χ3n) is 3.19. The second-order valence-corrected chi connectivity index (χ2v) is 7.84. The highest BCUT2D eigenvalue weighted by Gasteiger charge is 2.15. The molecule has 0 amide bonds. The fourth-order valence-corrected chi connectivity index (χ4v) is 4.11. The van der Waals surface area contributed by atoms with Crippen LogP contribution in [0.2, 0.25) is 0 Å². The standard InChI is InChI=1S/C16H16N2O3S2/c1-3-21-13-5-7-14(8-6-13)23(19,20)18-12-4-9-15-16(10-12)22-11(2)17-15/h4-10,18H,3H2,1-2H3. The van der Waals surface area contributed by atoms with E-state index in [1.54, 1.807) is 24.3 Å². The topological polar surface area (TPSA) is 68.3 Å². The van der Waals surface area contributed by atoms with Crippen LogP contribution in [0.1, 0.15) is 11.9 Å². The second-order valence-electron chi connectivity index (χ2n) is 4.93. The van der Waals surface area contributed by atoms with Crippen molar-refractivity contribution in [3.63, 3.8) is 0 Å². The van der Waals surface area contributed by atoms with Gasteiger partial charge >= 0.3 is 0 Å². The van der Waals surface area contributed by atoms with Crippen molar-refractivity contribution in [2.45, 2.75) is 18.7 Å². The number of aromatic nitrogens is 1. The molecule has 7 heteroatoms. The Morgan fingerprint density at radius 3 is 2.61 bits per heavy atom. The van der Waals surface area contributed by atoms with Gasteiger partial charge in [0.1, 0.15) is 5.75 Å². The van der Waals surface area contributed by atoms with Crippen LogP contribution in [0.5, 0.6) is 5.75 Å². The molecule has 2 aromatic carbocycles. The van der Waals surface area contributed by atoms with Crippen LogP contribution in [0.25, 0.3) is 10.2 Å². The summed E-state index contributed by atoms with van der Waals surface area (Å²) in [4.78, 5) is 4.56. The van der Waals surface area contributed by atoms with Gasteiger partial charge in [0.25, 0.3) is 10.0 Å². The van der Waals surface area contributed by atoms with Crippen LogP contribution in [-0.2, 0) is 10.0 Å². The highest BCUT2D eigenvalue weighted by Crippen LogP contribution is 2.26. The maximum absolute atomic E-state index is 12.4. The predicted octanol–water partition coefficient (Wildman–Crippen LogP) is 3.80. The van der Waals surface area contributed by atoms with Crippen molar-refractivity contribution >= 4 is 37.3 Å². The van der Waals surface area contributed by atoms with Gasteiger partial charge in [-0.1, -0.05) is 0 Å². The van der Waals surface area contributed by atoms with E-state index in [9.17, 15) is 8.42 Å². The van der Waals surface area contributed by atoms with Gasteiger partial charge < -0.3 is 4.74 Å². The number of hydrogen-bond donors (Lipinski definition) is 1. The summed E-state index contributed by atoms with van der Waals surface area (Å²) in [5.74, 6) is 0.646. The first-order valence-electron chi connectivity index (χ1n) is 7.11. The molecule has 5 nitrogen and oxygen atoms in total. The fourth-order valence-electron chi connectivity index (χ4n) is 2.20. The van der Waals surface area contributed by atoms with Gasteiger partial charge in [-0.05, 0) is 56.3 Å². The first kappa shape index (κ1) is 15.8. The van der Waals surface area contributed by atoms with Crippen LogP contribution >= 0.6 is 11.3 Å². The second kappa shape index (κ2) is 6.17. The van der Waals surface area contributed by atoms with E-state index in [2.05, 4.69) is 9.71 Å². The molecule has 0 spiro atoms. The minimum Gasteiger partial charge on any atom is -0.494 e. The average molecular weight is 348 g/mol. The molecular weight excluding hydrogens is 332 g/mol. The van der Waals surface area contributed by atoms with Crippen molar-refractivity contribution in [1.82, 2.24) is 4.98 Å². The number of fused-ring (bicyclic) bond motifs is 1. The average Bonchev–Trinajstić information content (AvgIpc) is 2.87. The highest BCUT2D eigenvalue weighted by atomic mass is 32.2. The Labute approximate surface area is 139 Å². The summed E-state index contributed by atoms with van der Waals surface area (Å²) in [6.07, 6.45) is 0. The summed E-state index contributed by atoms with van der Waals surface area (Å²) in [6, 6.07) is 11.7. The first-order valence-corrected chi connectivity index (χ1v) is 9.41. The molecule has 23 heavy (non-hydrogen) atoms. The van der Waals surface area contributed by atoms with E-state index < -0.39 is 10.0 Å². The number of ether oxygens (including phenoxy) is 1. The van der Waals surface area contributed by atoms with Crippen molar-refractivity contribution in [2.75, 3.05) is 11.3 Å². The van der Waals surface area contributed by atoms with Crippen LogP contribution in [0.4, 0.5) is 5.69 Å². The monoisotopic (exact) mass is 348 g/mol. The van der Waals surface area contributed by atoms with Crippen LogP contribution in [0.15, 0.2) is 47.4 Å². The van der Waals surface area contributed by atoms with Gasteiger partial charge in [0.05, 0.1) is 32.4 Å². The van der Waals surface area contributed by atoms with Crippen molar-refractivity contribution < 1.29 is 13.2 Å². The third kappa shape index (κ3) is 3.46. The molecule has 1 N–H and O–H groups in total. The molecule has 1 aromatic heterocycles. The summed E-state index contributed by atoms with van der Waals surface area (Å²) in [5.41, 5.74) is 1.39. The molecule has 0 aliphatic carbocycles. The van der Waals surface area contributed by atoms with E-state index in [4.69, 9.17) is 4.74 Å². The van der Waals surface area contributed by atoms with E-state index in [1.807, 2.05) is 19.9 Å². The molecule has 1 heterocycles. The van der Waals surface area contributed by atoms with E-state index in [0.29, 0.717) is 18.0 Å². The number of hydrogen-bond acceptors (Lipinski definition) is 5. The van der Waals surface area contributed by atoms with Crippen LogP contribution in [-0.4, -0.2) is 20.0 Å². The molecule has 0 unspecified atom stereocenters. The summed E-state index contributed by atoms with van der Waals surface area (Å²) in [6.45, 7) is 4.34. The van der Waals surface area contributed by atoms with Crippen molar-refractivity contribution in [1.29, 1.82) is 0 Å². The number of sulfonamides is 1. The predicted molar refractivity (Wildman–Crippen MR) is 92.8 cm³/mol. The number of benzene rings is 2. The Hall–Kier alpha value is -2.12. The van der Waals surface area contributed by atoms with E-state index in [1.165, 1.54) is 23.5 Å². The molecule has 0 fully saturated rings. The summed E-state index contributed by atoms with van der Waals surface area (Å²) in [5, 5.41) is 0.950. The van der Waals surface area contributed by atoms with Crippen molar-refractivity contribution in [3.8, 4) is 5.75 Å². The fraction of sp³-hybridized carbons (Fsp3) is 0.188. The maximum atomic E-state index is 12.4. The zero-order chi connectivity index (χ0) is 16.4. The summed E-state index contributed by atoms with van der Waals surface area (Å²) < 4.78 is 33.8. The molecule has 0 saturated heterocycles. The van der Waals surface area contributed by atoms with E-state index in [0.717, 1.165) is 15.2 Å². The van der Waals surface area contributed by atoms with Crippen molar-refractivity contribution in [3.05, 3.63) is 47.5 Å². The summed E-state index contributed by atoms with van der Waals surface area (Å²) >= 11 is 1.53. The number of aryl methyl sites for hydroxylation is 1. The molecule has 120 valence electrons. The summed E-state index contributed by atoms with van der Waals surface area (Å²) in [7, 11) is -3.63. The molecular formula is C16H16N2O3S2. The van der Waals surface area contributed by atoms with Crippen LogP contribution in [0, 0.1) is 6.92 Å². The number of nitrogens with zero attached hydrogens (tertiary/aromatic N) is 1. The van der Waals surface area contributed by atoms with Gasteiger partial charge in [0, 0.05) is 0 Å². The quantitative estimate of drug-likeness (QED) is 0.761. The Morgan fingerprint density at radius 1 is 1.17 bits per heavy atom. The zero-order valence-corrected chi connectivity index (χ0v) is 14.4. The molecule has 0 aliphatic heterocycles. The minimum atomic E-state index is -3.63. The van der Waals surface area contributed by atoms with Gasteiger partial charge in [0.15, 0.2) is 0 Å². The smallest absolute Gasteiger partial charge is 0.261 e. The molecule has 3 aromatic rings. The molecule has 0 saturated carbocycles. The highest BCUT2D eigenvalue weighted by molar-refractivity contribution is 7.92. The lowest BCUT2D eigenvalue weighted by Gasteiger charge is -2.09. The van der Waals surface area contributed by atoms with Gasteiger partial charge in [-0.3, -0.25) is 4.72 Å². The van der Waals surface area contributed by atoms with E-state index >= 15 is 0 Å². The lowest BCUT2D eigenvalue weighted by atomic mass is 10.3. The van der Waals surface area contributed by atoms with Crippen LogP contribution < -0.4 is 9.46 Å². The Bertz CT molecular complexity index is 932. The third-order valence-corrected chi connectivity index (χ3v) is 5.52. The molecule has 0 atom stereocenters. The lowest BCUT2D eigenvalue weighted by Crippen LogP contribution is -2.12. The molecule has 0 bridgehead atoms. The normalized spacial score (nSPS) is 11.6. The Kier molecular flexibility index (Phi) is 4.23. The van der Waals surface area contributed by atoms with Crippen LogP contribution in [0.3, 0.4) is 0 Å².